The fraction of sp³-hybridized carbons (Fsp3) is 0.538. The molecule has 19 heavy (non-hydrogen) atoms. The van der Waals surface area contributed by atoms with Gasteiger partial charge in [0.1, 0.15) is 5.82 Å². The number of nitrogens with two attached hydrogens (primary N) is 1. The molecule has 2 fully saturated rings. The van der Waals surface area contributed by atoms with Gasteiger partial charge in [-0.3, -0.25) is 4.98 Å². The van der Waals surface area contributed by atoms with Crippen LogP contribution in [0.5, 0.6) is 0 Å². The van der Waals surface area contributed by atoms with Gasteiger partial charge in [-0.1, -0.05) is 0 Å². The first kappa shape index (κ1) is 12.3. The van der Waals surface area contributed by atoms with Gasteiger partial charge < -0.3 is 16.0 Å². The van der Waals surface area contributed by atoms with E-state index in [1.54, 1.807) is 11.0 Å². The van der Waals surface area contributed by atoms with Crippen molar-refractivity contribution in [2.24, 2.45) is 11.7 Å². The zero-order valence-corrected chi connectivity index (χ0v) is 10.6. The van der Waals surface area contributed by atoms with Gasteiger partial charge in [0, 0.05) is 18.6 Å². The first-order valence-corrected chi connectivity index (χ1v) is 6.49. The molecule has 0 bridgehead atoms. The highest BCUT2D eigenvalue weighted by atomic mass is 19.1. The third-order valence-corrected chi connectivity index (χ3v) is 4.19. The standard InChI is InChI=1S/C13H17FN4O/c14-10-1-2-11(16-5-10)6-17-12(19)18-7-9-3-4-13(9,15)8-18/h1-2,5,9H,3-4,6-8,15H2,(H,17,19)/t9-,13-/m0/s1. The molecule has 1 saturated carbocycles. The van der Waals surface area contributed by atoms with Crippen LogP contribution < -0.4 is 11.1 Å². The fourth-order valence-corrected chi connectivity index (χ4v) is 2.83. The van der Waals surface area contributed by atoms with E-state index in [9.17, 15) is 9.18 Å². The molecule has 1 aliphatic carbocycles. The van der Waals surface area contributed by atoms with Gasteiger partial charge in [0.05, 0.1) is 18.4 Å². The maximum Gasteiger partial charge on any atom is 0.317 e. The van der Waals surface area contributed by atoms with E-state index in [0.717, 1.165) is 25.6 Å². The fourth-order valence-electron chi connectivity index (χ4n) is 2.83. The van der Waals surface area contributed by atoms with Gasteiger partial charge in [0.15, 0.2) is 0 Å². The van der Waals surface area contributed by atoms with E-state index in [1.807, 2.05) is 0 Å². The molecule has 5 nitrogen and oxygen atoms in total. The largest absolute Gasteiger partial charge is 0.332 e. The number of urea groups is 1. The second-order valence-corrected chi connectivity index (χ2v) is 5.48. The highest BCUT2D eigenvalue weighted by Gasteiger charge is 2.51. The first-order chi connectivity index (χ1) is 9.07. The number of carbonyl (C=O) groups is 1. The van der Waals surface area contributed by atoms with Crippen LogP contribution in [0.4, 0.5) is 9.18 Å². The van der Waals surface area contributed by atoms with E-state index in [1.165, 1.54) is 6.07 Å². The number of aromatic nitrogens is 1. The van der Waals surface area contributed by atoms with E-state index < -0.39 is 0 Å². The lowest BCUT2D eigenvalue weighted by atomic mass is 9.70. The highest BCUT2D eigenvalue weighted by Crippen LogP contribution is 2.42. The topological polar surface area (TPSA) is 71.2 Å². The number of rotatable bonds is 2. The Hall–Kier alpha value is -1.69. The number of amides is 2. The number of carbonyl (C=O) groups excluding carboxylic acids is 1. The van der Waals surface area contributed by atoms with Crippen molar-refractivity contribution in [3.05, 3.63) is 29.8 Å². The molecule has 102 valence electrons. The number of hydrogen-bond acceptors (Lipinski definition) is 3. The Labute approximate surface area is 111 Å². The highest BCUT2D eigenvalue weighted by molar-refractivity contribution is 5.74. The van der Waals surface area contributed by atoms with Crippen molar-refractivity contribution >= 4 is 6.03 Å². The van der Waals surface area contributed by atoms with Crippen LogP contribution in [-0.4, -0.2) is 34.5 Å². The monoisotopic (exact) mass is 264 g/mol. The second-order valence-electron chi connectivity index (χ2n) is 5.48. The van der Waals surface area contributed by atoms with E-state index in [-0.39, 0.29) is 17.4 Å². The SMILES string of the molecule is N[C@]12CC[C@H]1CN(C(=O)NCc1ccc(F)cn1)C2. The quantitative estimate of drug-likeness (QED) is 0.832. The Bertz CT molecular complexity index is 492. The molecule has 0 aromatic carbocycles. The minimum absolute atomic E-state index is 0.120. The molecule has 3 rings (SSSR count). The minimum atomic E-state index is -0.378. The van der Waals surface area contributed by atoms with E-state index in [0.29, 0.717) is 24.7 Å². The van der Waals surface area contributed by atoms with Crippen molar-refractivity contribution in [3.8, 4) is 0 Å². The van der Waals surface area contributed by atoms with Crippen molar-refractivity contribution in [1.29, 1.82) is 0 Å². The summed E-state index contributed by atoms with van der Waals surface area (Å²) in [5.74, 6) is 0.0680. The van der Waals surface area contributed by atoms with Crippen molar-refractivity contribution in [1.82, 2.24) is 15.2 Å². The number of halogens is 1. The molecule has 2 heterocycles. The predicted octanol–water partition coefficient (Wildman–Crippen LogP) is 0.853. The van der Waals surface area contributed by atoms with Gasteiger partial charge in [0.2, 0.25) is 0 Å². The molecule has 1 saturated heterocycles. The zero-order chi connectivity index (χ0) is 13.5. The Morgan fingerprint density at radius 3 is 3.00 bits per heavy atom. The van der Waals surface area contributed by atoms with Crippen molar-refractivity contribution in [2.75, 3.05) is 13.1 Å². The second kappa shape index (κ2) is 4.45. The maximum absolute atomic E-state index is 12.7. The average Bonchev–Trinajstić information content (AvgIpc) is 2.62. The average molecular weight is 264 g/mol. The lowest BCUT2D eigenvalue weighted by Gasteiger charge is -2.39. The predicted molar refractivity (Wildman–Crippen MR) is 67.6 cm³/mol. The van der Waals surface area contributed by atoms with Gasteiger partial charge >= 0.3 is 6.03 Å². The van der Waals surface area contributed by atoms with Crippen LogP contribution in [0.3, 0.4) is 0 Å². The van der Waals surface area contributed by atoms with Crippen LogP contribution in [0.1, 0.15) is 18.5 Å². The number of nitrogens with zero attached hydrogens (tertiary/aromatic N) is 2. The smallest absolute Gasteiger partial charge is 0.317 e. The normalized spacial score (nSPS) is 28.7. The van der Waals surface area contributed by atoms with Crippen LogP contribution in [0.15, 0.2) is 18.3 Å². The van der Waals surface area contributed by atoms with E-state index in [4.69, 9.17) is 5.73 Å². The van der Waals surface area contributed by atoms with Gasteiger partial charge in [-0.25, -0.2) is 9.18 Å². The van der Waals surface area contributed by atoms with Crippen LogP contribution in [0, 0.1) is 11.7 Å². The Morgan fingerprint density at radius 2 is 2.47 bits per heavy atom. The summed E-state index contributed by atoms with van der Waals surface area (Å²) in [5, 5.41) is 2.79. The number of pyridine rings is 1. The number of fused-ring (bicyclic) bond motifs is 1. The van der Waals surface area contributed by atoms with Gasteiger partial charge in [-0.15, -0.1) is 0 Å². The summed E-state index contributed by atoms with van der Waals surface area (Å²) in [7, 11) is 0. The van der Waals surface area contributed by atoms with Crippen molar-refractivity contribution in [2.45, 2.75) is 24.9 Å². The zero-order valence-electron chi connectivity index (χ0n) is 10.6. The van der Waals surface area contributed by atoms with Crippen molar-refractivity contribution < 1.29 is 9.18 Å². The summed E-state index contributed by atoms with van der Waals surface area (Å²) in [6.07, 6.45) is 3.26. The summed E-state index contributed by atoms with van der Waals surface area (Å²) in [4.78, 5) is 17.7. The van der Waals surface area contributed by atoms with Crippen LogP contribution in [-0.2, 0) is 6.54 Å². The van der Waals surface area contributed by atoms with E-state index >= 15 is 0 Å². The Morgan fingerprint density at radius 1 is 1.63 bits per heavy atom. The molecular weight excluding hydrogens is 247 g/mol. The van der Waals surface area contributed by atoms with Crippen LogP contribution >= 0.6 is 0 Å². The molecular formula is C13H17FN4O. The molecule has 1 aromatic rings. The summed E-state index contributed by atoms with van der Waals surface area (Å²) < 4.78 is 12.7. The molecule has 3 N–H and O–H groups in total. The number of likely N-dealkylation sites (tertiary alicyclic amines) is 1. The van der Waals surface area contributed by atoms with Gasteiger partial charge in [-0.05, 0) is 30.9 Å². The van der Waals surface area contributed by atoms with E-state index in [2.05, 4.69) is 10.3 Å². The summed E-state index contributed by atoms with van der Waals surface area (Å²) >= 11 is 0. The molecule has 0 unspecified atom stereocenters. The molecule has 6 heteroatoms. The number of hydrogen-bond donors (Lipinski definition) is 2. The summed E-state index contributed by atoms with van der Waals surface area (Å²) in [6.45, 7) is 1.66. The minimum Gasteiger partial charge on any atom is -0.332 e. The molecule has 2 amide bonds. The molecule has 1 aliphatic heterocycles. The first-order valence-electron chi connectivity index (χ1n) is 6.49. The van der Waals surface area contributed by atoms with Crippen LogP contribution in [0.2, 0.25) is 0 Å². The maximum atomic E-state index is 12.7. The summed E-state index contributed by atoms with van der Waals surface area (Å²) in [6, 6.07) is 2.78. The lowest BCUT2D eigenvalue weighted by Crippen LogP contribution is -2.55. The summed E-state index contributed by atoms with van der Waals surface area (Å²) in [5.41, 5.74) is 6.66. The molecule has 1 aromatic heterocycles. The third kappa shape index (κ3) is 2.28. The number of nitrogens with one attached hydrogen (secondary N) is 1. The van der Waals surface area contributed by atoms with Crippen LogP contribution in [0.25, 0.3) is 0 Å². The van der Waals surface area contributed by atoms with Crippen molar-refractivity contribution in [3.63, 3.8) is 0 Å². The molecule has 0 spiro atoms. The molecule has 2 atom stereocenters. The lowest BCUT2D eigenvalue weighted by molar-refractivity contribution is 0.187. The van der Waals surface area contributed by atoms with Gasteiger partial charge in [0.25, 0.3) is 0 Å². The third-order valence-electron chi connectivity index (χ3n) is 4.19. The Kier molecular flexibility index (Phi) is 2.89. The molecule has 2 aliphatic rings. The van der Waals surface area contributed by atoms with Gasteiger partial charge in [-0.2, -0.15) is 0 Å². The Balaban J connectivity index is 1.53. The molecule has 0 radical (unpaired) electrons.